The van der Waals surface area contributed by atoms with Gasteiger partial charge in [0.25, 0.3) is 5.91 Å². The van der Waals surface area contributed by atoms with Crippen molar-refractivity contribution in [3.05, 3.63) is 42.5 Å². The van der Waals surface area contributed by atoms with Crippen LogP contribution in [0.5, 0.6) is 5.75 Å². The molecule has 0 unspecified atom stereocenters. The lowest BCUT2D eigenvalue weighted by atomic mass is 10.1. The molecule has 3 rings (SSSR count). The number of aromatic nitrogens is 1. The average molecular weight is 413 g/mol. The zero-order valence-corrected chi connectivity index (χ0v) is 17.0. The molecule has 2 amide bonds. The summed E-state index contributed by atoms with van der Waals surface area (Å²) >= 11 is 0. The third-order valence-corrected chi connectivity index (χ3v) is 4.86. The van der Waals surface area contributed by atoms with Crippen LogP contribution in [0.1, 0.15) is 0 Å². The molecular weight excluding hydrogens is 386 g/mol. The molecule has 0 aliphatic carbocycles. The van der Waals surface area contributed by atoms with Crippen LogP contribution in [0.3, 0.4) is 0 Å². The van der Waals surface area contributed by atoms with Crippen LogP contribution in [0.15, 0.2) is 42.5 Å². The number of amides is 2. The highest BCUT2D eigenvalue weighted by Crippen LogP contribution is 2.23. The Morgan fingerprint density at radius 3 is 2.50 bits per heavy atom. The Hall–Kier alpha value is -3.33. The highest BCUT2D eigenvalue weighted by molar-refractivity contribution is 5.78. The standard InChI is InChI=1S/C21H27N5O4/c1-29-17-7-5-16(6-8-17)18-3-2-4-20(24-18)26-13-11-25(12-14-26)10-9-23-21(28)30-15-19(22)27/h2-8H,9-15H2,1H3,(H2,22,27)(H,23,28). The minimum absolute atomic E-state index is 0.410. The molecule has 30 heavy (non-hydrogen) atoms. The summed E-state index contributed by atoms with van der Waals surface area (Å²) in [4.78, 5) is 31.4. The molecule has 1 aliphatic rings. The van der Waals surface area contributed by atoms with E-state index < -0.39 is 18.6 Å². The molecule has 0 bridgehead atoms. The summed E-state index contributed by atoms with van der Waals surface area (Å²) in [6.45, 7) is 4.18. The zero-order chi connectivity index (χ0) is 21.3. The largest absolute Gasteiger partial charge is 0.497 e. The number of nitrogens with one attached hydrogen (secondary N) is 1. The number of hydrogen-bond acceptors (Lipinski definition) is 7. The molecule has 1 fully saturated rings. The summed E-state index contributed by atoms with van der Waals surface area (Å²) in [5.74, 6) is 1.10. The Bertz CT molecular complexity index is 851. The SMILES string of the molecule is COc1ccc(-c2cccc(N3CCN(CCNC(=O)OCC(N)=O)CC3)n2)cc1. The molecular formula is C21H27N5O4. The number of piperazine rings is 1. The third-order valence-electron chi connectivity index (χ3n) is 4.86. The van der Waals surface area contributed by atoms with Gasteiger partial charge in [0.1, 0.15) is 11.6 Å². The molecule has 3 N–H and O–H groups in total. The second kappa shape index (κ2) is 10.4. The molecule has 0 radical (unpaired) electrons. The van der Waals surface area contributed by atoms with Crippen molar-refractivity contribution in [1.82, 2.24) is 15.2 Å². The molecule has 0 saturated carbocycles. The Morgan fingerprint density at radius 2 is 1.83 bits per heavy atom. The molecule has 2 aromatic rings. The first kappa shape index (κ1) is 21.4. The van der Waals surface area contributed by atoms with E-state index in [9.17, 15) is 9.59 Å². The van der Waals surface area contributed by atoms with Gasteiger partial charge in [-0.25, -0.2) is 9.78 Å². The molecule has 0 atom stereocenters. The molecule has 1 aromatic carbocycles. The molecule has 1 aliphatic heterocycles. The van der Waals surface area contributed by atoms with Gasteiger partial charge >= 0.3 is 6.09 Å². The van der Waals surface area contributed by atoms with Crippen LogP contribution >= 0.6 is 0 Å². The highest BCUT2D eigenvalue weighted by atomic mass is 16.6. The number of hydrogen-bond donors (Lipinski definition) is 2. The van der Waals surface area contributed by atoms with Crippen molar-refractivity contribution in [3.8, 4) is 17.0 Å². The van der Waals surface area contributed by atoms with Gasteiger partial charge in [0.05, 0.1) is 12.8 Å². The molecule has 1 saturated heterocycles. The maximum Gasteiger partial charge on any atom is 0.407 e. The Balaban J connectivity index is 1.47. The normalized spacial score (nSPS) is 14.2. The Morgan fingerprint density at radius 1 is 1.10 bits per heavy atom. The lowest BCUT2D eigenvalue weighted by Gasteiger charge is -2.35. The van der Waals surface area contributed by atoms with Crippen molar-refractivity contribution in [2.24, 2.45) is 5.73 Å². The Labute approximate surface area is 175 Å². The van der Waals surface area contributed by atoms with E-state index in [4.69, 9.17) is 15.5 Å². The first-order valence-corrected chi connectivity index (χ1v) is 9.83. The summed E-state index contributed by atoms with van der Waals surface area (Å²) < 4.78 is 9.88. The molecule has 2 heterocycles. The molecule has 9 nitrogen and oxygen atoms in total. The number of methoxy groups -OCH3 is 1. The van der Waals surface area contributed by atoms with Gasteiger partial charge in [0.2, 0.25) is 0 Å². The number of benzene rings is 1. The van der Waals surface area contributed by atoms with Crippen LogP contribution in [-0.2, 0) is 9.53 Å². The van der Waals surface area contributed by atoms with Gasteiger partial charge in [-0.1, -0.05) is 6.07 Å². The summed E-state index contributed by atoms with van der Waals surface area (Å²) in [6, 6.07) is 13.9. The van der Waals surface area contributed by atoms with E-state index in [1.54, 1.807) is 7.11 Å². The Kier molecular flexibility index (Phi) is 7.45. The van der Waals surface area contributed by atoms with Crippen LogP contribution < -0.4 is 20.7 Å². The molecule has 9 heteroatoms. The quantitative estimate of drug-likeness (QED) is 0.667. The predicted octanol–water partition coefficient (Wildman–Crippen LogP) is 1.09. The summed E-state index contributed by atoms with van der Waals surface area (Å²) in [5, 5.41) is 2.62. The van der Waals surface area contributed by atoms with Gasteiger partial charge in [0, 0.05) is 44.8 Å². The number of pyridine rings is 1. The number of carbonyl (C=O) groups excluding carboxylic acids is 2. The maximum absolute atomic E-state index is 11.4. The van der Waals surface area contributed by atoms with E-state index in [0.29, 0.717) is 13.1 Å². The number of anilines is 1. The van der Waals surface area contributed by atoms with Crippen LogP contribution in [-0.4, -0.2) is 74.9 Å². The fraction of sp³-hybridized carbons (Fsp3) is 0.381. The number of rotatable bonds is 8. The van der Waals surface area contributed by atoms with E-state index in [1.165, 1.54) is 0 Å². The van der Waals surface area contributed by atoms with Gasteiger partial charge in [-0.2, -0.15) is 0 Å². The fourth-order valence-corrected chi connectivity index (χ4v) is 3.23. The van der Waals surface area contributed by atoms with Crippen molar-refractivity contribution in [1.29, 1.82) is 0 Å². The van der Waals surface area contributed by atoms with E-state index in [-0.39, 0.29) is 0 Å². The van der Waals surface area contributed by atoms with Gasteiger partial charge in [-0.05, 0) is 36.4 Å². The van der Waals surface area contributed by atoms with Crippen LogP contribution in [0.25, 0.3) is 11.3 Å². The van der Waals surface area contributed by atoms with Gasteiger partial charge in [0.15, 0.2) is 6.61 Å². The van der Waals surface area contributed by atoms with Crippen LogP contribution in [0, 0.1) is 0 Å². The first-order valence-electron chi connectivity index (χ1n) is 9.83. The minimum atomic E-state index is -0.675. The molecule has 160 valence electrons. The van der Waals surface area contributed by atoms with Crippen LogP contribution in [0.4, 0.5) is 10.6 Å². The topological polar surface area (TPSA) is 110 Å². The van der Waals surface area contributed by atoms with Crippen molar-refractivity contribution < 1.29 is 19.1 Å². The van der Waals surface area contributed by atoms with E-state index >= 15 is 0 Å². The van der Waals surface area contributed by atoms with Crippen LogP contribution in [0.2, 0.25) is 0 Å². The van der Waals surface area contributed by atoms with Gasteiger partial charge < -0.3 is 25.4 Å². The van der Waals surface area contributed by atoms with Gasteiger partial charge in [-0.15, -0.1) is 0 Å². The lowest BCUT2D eigenvalue weighted by molar-refractivity contribution is -0.120. The van der Waals surface area contributed by atoms with Gasteiger partial charge in [-0.3, -0.25) is 9.69 Å². The number of alkyl carbamates (subject to hydrolysis) is 1. The van der Waals surface area contributed by atoms with Crippen molar-refractivity contribution in [2.75, 3.05) is 57.9 Å². The smallest absolute Gasteiger partial charge is 0.407 e. The lowest BCUT2D eigenvalue weighted by Crippen LogP contribution is -2.48. The number of primary amides is 1. The fourth-order valence-electron chi connectivity index (χ4n) is 3.23. The third kappa shape index (κ3) is 6.08. The van der Waals surface area contributed by atoms with Crippen molar-refractivity contribution in [2.45, 2.75) is 0 Å². The molecule has 0 spiro atoms. The number of ether oxygens (including phenoxy) is 2. The summed E-state index contributed by atoms with van der Waals surface area (Å²) in [6.07, 6.45) is -0.632. The zero-order valence-electron chi connectivity index (χ0n) is 17.0. The highest BCUT2D eigenvalue weighted by Gasteiger charge is 2.18. The van der Waals surface area contributed by atoms with Crippen molar-refractivity contribution in [3.63, 3.8) is 0 Å². The maximum atomic E-state index is 11.4. The average Bonchev–Trinajstić information content (AvgIpc) is 2.78. The van der Waals surface area contributed by atoms with E-state index in [2.05, 4.69) is 19.9 Å². The second-order valence-electron chi connectivity index (χ2n) is 6.91. The monoisotopic (exact) mass is 413 g/mol. The van der Waals surface area contributed by atoms with E-state index in [1.807, 2.05) is 42.5 Å². The number of carbonyl (C=O) groups is 2. The predicted molar refractivity (Wildman–Crippen MR) is 113 cm³/mol. The minimum Gasteiger partial charge on any atom is -0.497 e. The van der Waals surface area contributed by atoms with E-state index in [0.717, 1.165) is 49.0 Å². The summed E-state index contributed by atoms with van der Waals surface area (Å²) in [5.41, 5.74) is 6.91. The number of nitrogens with two attached hydrogens (primary N) is 1. The number of nitrogens with zero attached hydrogens (tertiary/aromatic N) is 3. The van der Waals surface area contributed by atoms with Crippen molar-refractivity contribution >= 4 is 17.8 Å². The first-order chi connectivity index (χ1) is 14.5. The summed E-state index contributed by atoms with van der Waals surface area (Å²) in [7, 11) is 1.65. The molecule has 1 aromatic heterocycles. The second-order valence-corrected chi connectivity index (χ2v) is 6.91.